The van der Waals surface area contributed by atoms with Crippen LogP contribution in [0, 0.1) is 5.92 Å². The lowest BCUT2D eigenvalue weighted by Crippen LogP contribution is -2.13. The van der Waals surface area contributed by atoms with Gasteiger partial charge < -0.3 is 0 Å². The molecule has 0 bridgehead atoms. The molecule has 1 heterocycles. The molecule has 2 nitrogen and oxygen atoms in total. The molecule has 0 N–H and O–H groups in total. The highest BCUT2D eigenvalue weighted by molar-refractivity contribution is 6.32. The van der Waals surface area contributed by atoms with E-state index in [0.29, 0.717) is 5.03 Å². The van der Waals surface area contributed by atoms with E-state index < -0.39 is 0 Å². The second-order valence-electron chi connectivity index (χ2n) is 2.65. The molecule has 0 fully saturated rings. The van der Waals surface area contributed by atoms with Gasteiger partial charge in [-0.2, -0.15) is 0 Å². The maximum Gasteiger partial charge on any atom is 0.269 e. The van der Waals surface area contributed by atoms with Crippen molar-refractivity contribution >= 4 is 23.7 Å². The van der Waals surface area contributed by atoms with Crippen LogP contribution in [-0.2, 0) is 4.79 Å². The van der Waals surface area contributed by atoms with Crippen LogP contribution in [0.15, 0.2) is 39.9 Å². The van der Waals surface area contributed by atoms with Gasteiger partial charge in [-0.25, -0.2) is 4.99 Å². The Bertz CT molecular complexity index is 350. The molecule has 2 rings (SSSR count). The van der Waals surface area contributed by atoms with Crippen LogP contribution in [-0.4, -0.2) is 12.1 Å². The van der Waals surface area contributed by atoms with Crippen LogP contribution in [0.5, 0.6) is 0 Å². The van der Waals surface area contributed by atoms with Crippen LogP contribution in [0.3, 0.4) is 0 Å². The number of carbonyl (C=O) groups is 1. The molecule has 0 spiro atoms. The van der Waals surface area contributed by atoms with Crippen molar-refractivity contribution in [3.05, 3.63) is 34.9 Å². The average Bonchev–Trinajstić information content (AvgIpc) is 2.04. The van der Waals surface area contributed by atoms with Crippen LogP contribution in [0.2, 0.25) is 0 Å². The fraction of sp³-hybridized carbons (Fsp3) is 0.111. The first-order valence-corrected chi connectivity index (χ1v) is 3.98. The Hall–Kier alpha value is -1.15. The van der Waals surface area contributed by atoms with Crippen molar-refractivity contribution in [2.24, 2.45) is 10.9 Å². The highest BCUT2D eigenvalue weighted by Gasteiger charge is 2.20. The van der Waals surface area contributed by atoms with Crippen LogP contribution >= 0.6 is 11.6 Å². The number of allylic oxidation sites excluding steroid dienone is 5. The number of fused-ring (bicyclic) bond motifs is 1. The van der Waals surface area contributed by atoms with Gasteiger partial charge >= 0.3 is 0 Å². The van der Waals surface area contributed by atoms with Gasteiger partial charge in [-0.1, -0.05) is 23.8 Å². The Morgan fingerprint density at radius 2 is 2.33 bits per heavy atom. The highest BCUT2D eigenvalue weighted by atomic mass is 35.5. The number of rotatable bonds is 0. The molecule has 1 amide bonds. The number of aliphatic imine (C=N–C) groups is 1. The third kappa shape index (κ3) is 1.14. The first-order chi connectivity index (χ1) is 5.77. The molecule has 0 saturated heterocycles. The Balaban J connectivity index is 2.42. The zero-order valence-corrected chi connectivity index (χ0v) is 6.95. The molecule has 1 atom stereocenters. The summed E-state index contributed by atoms with van der Waals surface area (Å²) in [5, 5.41) is 0.708. The molecule has 0 radical (unpaired) electrons. The minimum atomic E-state index is -0.211. The number of halogens is 1. The third-order valence-corrected chi connectivity index (χ3v) is 2.20. The average molecular weight is 180 g/mol. The van der Waals surface area contributed by atoms with E-state index in [1.165, 1.54) is 6.08 Å². The largest absolute Gasteiger partial charge is 0.269 e. The van der Waals surface area contributed by atoms with Gasteiger partial charge in [-0.15, -0.1) is 0 Å². The predicted octanol–water partition coefficient (Wildman–Crippen LogP) is 1.83. The zero-order chi connectivity index (χ0) is 8.55. The molecule has 0 aromatic heterocycles. The molecule has 0 saturated carbocycles. The smallest absolute Gasteiger partial charge is 0.267 e. The lowest BCUT2D eigenvalue weighted by Gasteiger charge is -2.17. The van der Waals surface area contributed by atoms with E-state index >= 15 is 0 Å². The molecular weight excluding hydrogens is 174 g/mol. The van der Waals surface area contributed by atoms with Crippen LogP contribution in [0.1, 0.15) is 0 Å². The van der Waals surface area contributed by atoms with Crippen LogP contribution < -0.4 is 0 Å². The van der Waals surface area contributed by atoms with Gasteiger partial charge in [0.05, 0.1) is 5.92 Å². The Morgan fingerprint density at radius 1 is 1.50 bits per heavy atom. The molecule has 1 aliphatic carbocycles. The van der Waals surface area contributed by atoms with E-state index in [9.17, 15) is 4.79 Å². The number of carbonyl (C=O) groups excluding carboxylic acids is 1. The summed E-state index contributed by atoms with van der Waals surface area (Å²) in [4.78, 5) is 14.5. The van der Waals surface area contributed by atoms with E-state index in [2.05, 4.69) is 4.99 Å². The number of dihydropyridines is 1. The first kappa shape index (κ1) is 7.50. The summed E-state index contributed by atoms with van der Waals surface area (Å²) in [6.45, 7) is 0. The summed E-state index contributed by atoms with van der Waals surface area (Å²) in [5.41, 5.74) is 0.919. The molecule has 1 aliphatic heterocycles. The maximum atomic E-state index is 10.9. The molecule has 60 valence electrons. The highest BCUT2D eigenvalue weighted by Crippen LogP contribution is 2.28. The lowest BCUT2D eigenvalue weighted by atomic mass is 9.93. The summed E-state index contributed by atoms with van der Waals surface area (Å²) in [7, 11) is 0. The number of hydrogen-bond acceptors (Lipinski definition) is 1. The van der Waals surface area contributed by atoms with Crippen molar-refractivity contribution in [1.29, 1.82) is 0 Å². The fourth-order valence-electron chi connectivity index (χ4n) is 1.24. The maximum absolute atomic E-state index is 10.9. The van der Waals surface area contributed by atoms with Crippen molar-refractivity contribution in [3.63, 3.8) is 0 Å². The number of nitrogens with zero attached hydrogens (tertiary/aromatic N) is 1. The SMILES string of the molecule is O=C1C=C2C=CC=C(Cl)C2C=N1. The van der Waals surface area contributed by atoms with Gasteiger partial charge in [0.1, 0.15) is 0 Å². The van der Waals surface area contributed by atoms with Gasteiger partial charge in [0, 0.05) is 17.3 Å². The minimum absolute atomic E-state index is 0.00522. The second kappa shape index (κ2) is 2.72. The van der Waals surface area contributed by atoms with Crippen LogP contribution in [0.4, 0.5) is 0 Å². The van der Waals surface area contributed by atoms with Gasteiger partial charge in [0.25, 0.3) is 5.91 Å². The molecule has 2 aliphatic rings. The molecular formula is C9H6ClNO. The first-order valence-electron chi connectivity index (χ1n) is 3.61. The van der Waals surface area contributed by atoms with Crippen molar-refractivity contribution in [2.45, 2.75) is 0 Å². The molecule has 1 unspecified atom stereocenters. The van der Waals surface area contributed by atoms with Gasteiger partial charge in [-0.3, -0.25) is 4.79 Å². The third-order valence-electron chi connectivity index (χ3n) is 1.84. The Morgan fingerprint density at radius 3 is 3.17 bits per heavy atom. The van der Waals surface area contributed by atoms with E-state index in [-0.39, 0.29) is 11.8 Å². The normalized spacial score (nSPS) is 26.4. The Kier molecular flexibility index (Phi) is 1.70. The zero-order valence-electron chi connectivity index (χ0n) is 6.20. The topological polar surface area (TPSA) is 29.4 Å². The number of amides is 1. The standard InChI is InChI=1S/C9H6ClNO/c10-8-3-1-2-6-4-9(12)11-5-7(6)8/h1-5,7H. The van der Waals surface area contributed by atoms with E-state index in [0.717, 1.165) is 5.57 Å². The summed E-state index contributed by atoms with van der Waals surface area (Å²) >= 11 is 5.90. The van der Waals surface area contributed by atoms with E-state index in [1.807, 2.05) is 18.2 Å². The lowest BCUT2D eigenvalue weighted by molar-refractivity contribution is -0.113. The van der Waals surface area contributed by atoms with Gasteiger partial charge in [0.2, 0.25) is 0 Å². The molecule has 0 aromatic rings. The molecule has 0 aromatic carbocycles. The van der Waals surface area contributed by atoms with E-state index in [1.54, 1.807) is 6.21 Å². The van der Waals surface area contributed by atoms with Crippen molar-refractivity contribution < 1.29 is 4.79 Å². The van der Waals surface area contributed by atoms with Crippen molar-refractivity contribution in [2.75, 3.05) is 0 Å². The minimum Gasteiger partial charge on any atom is -0.267 e. The quantitative estimate of drug-likeness (QED) is 0.558. The van der Waals surface area contributed by atoms with Crippen molar-refractivity contribution in [3.8, 4) is 0 Å². The number of hydrogen-bond donors (Lipinski definition) is 0. The van der Waals surface area contributed by atoms with Crippen molar-refractivity contribution in [1.82, 2.24) is 0 Å². The fourth-order valence-corrected chi connectivity index (χ4v) is 1.50. The second-order valence-corrected chi connectivity index (χ2v) is 3.09. The summed E-state index contributed by atoms with van der Waals surface area (Å²) in [6, 6.07) is 0. The van der Waals surface area contributed by atoms with E-state index in [4.69, 9.17) is 11.6 Å². The molecule has 12 heavy (non-hydrogen) atoms. The molecule has 3 heteroatoms. The van der Waals surface area contributed by atoms with Gasteiger partial charge in [-0.05, 0) is 11.6 Å². The summed E-state index contributed by atoms with van der Waals surface area (Å²) < 4.78 is 0. The predicted molar refractivity (Wildman–Crippen MR) is 48.1 cm³/mol. The summed E-state index contributed by atoms with van der Waals surface area (Å²) in [6.07, 6.45) is 8.61. The monoisotopic (exact) mass is 179 g/mol. The Labute approximate surface area is 74.9 Å². The van der Waals surface area contributed by atoms with Crippen LogP contribution in [0.25, 0.3) is 0 Å². The van der Waals surface area contributed by atoms with Gasteiger partial charge in [0.15, 0.2) is 0 Å². The summed E-state index contributed by atoms with van der Waals surface area (Å²) in [5.74, 6) is -0.216.